The van der Waals surface area contributed by atoms with Gasteiger partial charge in [-0.25, -0.2) is 0 Å². The first-order chi connectivity index (χ1) is 8.54. The van der Waals surface area contributed by atoms with Crippen LogP contribution in [0, 0.1) is 0 Å². The summed E-state index contributed by atoms with van der Waals surface area (Å²) in [7, 11) is 0. The van der Waals surface area contributed by atoms with Gasteiger partial charge in [-0.3, -0.25) is 0 Å². The van der Waals surface area contributed by atoms with E-state index in [-0.39, 0.29) is 0 Å². The average molecular weight is 353 g/mol. The molecule has 1 aromatic carbocycles. The van der Waals surface area contributed by atoms with Crippen molar-refractivity contribution < 1.29 is 4.74 Å². The van der Waals surface area contributed by atoms with Gasteiger partial charge in [0.2, 0.25) is 0 Å². The molecule has 0 amide bonds. The highest BCUT2D eigenvalue weighted by molar-refractivity contribution is 9.11. The van der Waals surface area contributed by atoms with Crippen LogP contribution in [0.2, 0.25) is 10.0 Å². The van der Waals surface area contributed by atoms with E-state index in [0.29, 0.717) is 28.9 Å². The van der Waals surface area contributed by atoms with Crippen LogP contribution in [0.5, 0.6) is 5.75 Å². The molecule has 1 aromatic rings. The molecule has 0 aliphatic heterocycles. The molecule has 100 valence electrons. The van der Waals surface area contributed by atoms with Crippen molar-refractivity contribution in [1.82, 2.24) is 5.32 Å². The normalized spacial score (nSPS) is 10.4. The van der Waals surface area contributed by atoms with Crippen LogP contribution in [0.3, 0.4) is 0 Å². The van der Waals surface area contributed by atoms with Gasteiger partial charge in [-0.1, -0.05) is 52.6 Å². The number of hydrogen-bond donors (Lipinski definition) is 1. The predicted octanol–water partition coefficient (Wildman–Crippen LogP) is 4.78. The lowest BCUT2D eigenvalue weighted by Gasteiger charge is -2.14. The topological polar surface area (TPSA) is 21.3 Å². The fourth-order valence-electron chi connectivity index (χ4n) is 1.46. The summed E-state index contributed by atoms with van der Waals surface area (Å²) in [6.07, 6.45) is 1.07. The van der Waals surface area contributed by atoms with Crippen LogP contribution in [0.25, 0.3) is 0 Å². The monoisotopic (exact) mass is 351 g/mol. The first-order valence-corrected chi connectivity index (χ1v) is 7.24. The smallest absolute Gasteiger partial charge is 0.143 e. The van der Waals surface area contributed by atoms with E-state index in [1.165, 1.54) is 0 Å². The van der Waals surface area contributed by atoms with Crippen molar-refractivity contribution in [3.8, 4) is 5.75 Å². The Hall–Kier alpha value is -0.220. The fraction of sp³-hybridized carbons (Fsp3) is 0.385. The molecule has 0 heterocycles. The van der Waals surface area contributed by atoms with Crippen molar-refractivity contribution in [2.24, 2.45) is 0 Å². The quantitative estimate of drug-likeness (QED) is 0.713. The Morgan fingerprint density at radius 3 is 2.78 bits per heavy atom. The van der Waals surface area contributed by atoms with Crippen molar-refractivity contribution in [1.29, 1.82) is 0 Å². The van der Waals surface area contributed by atoms with Crippen LogP contribution in [-0.2, 0) is 6.54 Å². The predicted molar refractivity (Wildman–Crippen MR) is 82.0 cm³/mol. The van der Waals surface area contributed by atoms with Gasteiger partial charge in [0.15, 0.2) is 0 Å². The molecule has 0 saturated heterocycles. The second kappa shape index (κ2) is 8.05. The van der Waals surface area contributed by atoms with E-state index in [1.54, 1.807) is 6.07 Å². The summed E-state index contributed by atoms with van der Waals surface area (Å²) in [6, 6.07) is 3.54. The van der Waals surface area contributed by atoms with E-state index in [9.17, 15) is 0 Å². The second-order valence-corrected chi connectivity index (χ2v) is 5.82. The van der Waals surface area contributed by atoms with Gasteiger partial charge in [-0.2, -0.15) is 0 Å². The van der Waals surface area contributed by atoms with Gasteiger partial charge in [-0.15, -0.1) is 0 Å². The van der Waals surface area contributed by atoms with E-state index in [2.05, 4.69) is 34.7 Å². The maximum absolute atomic E-state index is 6.15. The molecule has 0 radical (unpaired) electrons. The van der Waals surface area contributed by atoms with E-state index in [4.69, 9.17) is 27.9 Å². The Bertz CT molecular complexity index is 424. The molecule has 0 fully saturated rings. The molecule has 1 N–H and O–H groups in total. The minimum Gasteiger partial charge on any atom is -0.486 e. The zero-order valence-electron chi connectivity index (χ0n) is 10.2. The molecule has 0 aromatic heterocycles. The molecule has 0 atom stereocenters. The Balaban J connectivity index is 2.86. The van der Waals surface area contributed by atoms with Crippen LogP contribution in [0.15, 0.2) is 23.2 Å². The van der Waals surface area contributed by atoms with Crippen LogP contribution in [0.1, 0.15) is 18.9 Å². The molecule has 0 spiro atoms. The second-order valence-electron chi connectivity index (χ2n) is 3.86. The minimum atomic E-state index is 0.377. The van der Waals surface area contributed by atoms with Gasteiger partial charge in [0.25, 0.3) is 0 Å². The first kappa shape index (κ1) is 15.8. The van der Waals surface area contributed by atoms with Crippen LogP contribution < -0.4 is 10.1 Å². The zero-order valence-corrected chi connectivity index (χ0v) is 13.3. The molecule has 2 nitrogen and oxygen atoms in total. The SMILES string of the molecule is C=C(Br)COc1c(Cl)cc(Cl)cc1CNCCC. The molecule has 18 heavy (non-hydrogen) atoms. The van der Waals surface area contributed by atoms with Crippen molar-refractivity contribution in [3.63, 3.8) is 0 Å². The number of rotatable bonds is 7. The molecule has 0 saturated carbocycles. The Morgan fingerprint density at radius 2 is 2.17 bits per heavy atom. The number of halogens is 3. The molecular weight excluding hydrogens is 337 g/mol. The molecule has 0 aliphatic rings. The lowest BCUT2D eigenvalue weighted by Crippen LogP contribution is -2.15. The maximum Gasteiger partial charge on any atom is 0.143 e. The lowest BCUT2D eigenvalue weighted by molar-refractivity contribution is 0.356. The Morgan fingerprint density at radius 1 is 1.44 bits per heavy atom. The van der Waals surface area contributed by atoms with Gasteiger partial charge in [0.05, 0.1) is 5.02 Å². The summed E-state index contributed by atoms with van der Waals surface area (Å²) in [6.45, 7) is 7.84. The van der Waals surface area contributed by atoms with Gasteiger partial charge in [-0.05, 0) is 25.1 Å². The van der Waals surface area contributed by atoms with Crippen molar-refractivity contribution in [2.45, 2.75) is 19.9 Å². The Labute approximate surface area is 126 Å². The van der Waals surface area contributed by atoms with E-state index in [1.807, 2.05) is 6.07 Å². The molecule has 0 unspecified atom stereocenters. The summed E-state index contributed by atoms with van der Waals surface area (Å²) in [5.41, 5.74) is 0.953. The summed E-state index contributed by atoms with van der Waals surface area (Å²) in [5.74, 6) is 0.658. The fourth-order valence-corrected chi connectivity index (χ4v) is 2.16. The standard InChI is InChI=1S/C13H16BrCl2NO/c1-3-4-17-7-10-5-11(15)6-12(16)13(10)18-8-9(2)14/h5-6,17H,2-4,7-8H2,1H3. The molecule has 0 bridgehead atoms. The van der Waals surface area contributed by atoms with Gasteiger partial charge < -0.3 is 10.1 Å². The molecular formula is C13H16BrCl2NO. The van der Waals surface area contributed by atoms with E-state index in [0.717, 1.165) is 23.0 Å². The van der Waals surface area contributed by atoms with Gasteiger partial charge >= 0.3 is 0 Å². The largest absolute Gasteiger partial charge is 0.486 e. The highest BCUT2D eigenvalue weighted by atomic mass is 79.9. The molecule has 5 heteroatoms. The van der Waals surface area contributed by atoms with Gasteiger partial charge in [0, 0.05) is 21.6 Å². The molecule has 0 aliphatic carbocycles. The van der Waals surface area contributed by atoms with E-state index >= 15 is 0 Å². The summed E-state index contributed by atoms with van der Waals surface area (Å²) >= 11 is 15.4. The minimum absolute atomic E-state index is 0.377. The first-order valence-electron chi connectivity index (χ1n) is 5.69. The highest BCUT2D eigenvalue weighted by Gasteiger charge is 2.10. The third kappa shape index (κ3) is 5.19. The van der Waals surface area contributed by atoms with Crippen LogP contribution in [-0.4, -0.2) is 13.2 Å². The lowest BCUT2D eigenvalue weighted by atomic mass is 10.2. The molecule has 1 rings (SSSR count). The third-order valence-corrected chi connectivity index (χ3v) is 2.93. The number of benzene rings is 1. The van der Waals surface area contributed by atoms with Crippen LogP contribution >= 0.6 is 39.1 Å². The Kier molecular flexibility index (Phi) is 7.08. The third-order valence-electron chi connectivity index (χ3n) is 2.20. The van der Waals surface area contributed by atoms with E-state index < -0.39 is 0 Å². The summed E-state index contributed by atoms with van der Waals surface area (Å²) in [5, 5.41) is 4.43. The highest BCUT2D eigenvalue weighted by Crippen LogP contribution is 2.32. The van der Waals surface area contributed by atoms with Gasteiger partial charge in [0.1, 0.15) is 12.4 Å². The average Bonchev–Trinajstić information content (AvgIpc) is 2.27. The zero-order chi connectivity index (χ0) is 13.5. The number of nitrogens with one attached hydrogen (secondary N) is 1. The van der Waals surface area contributed by atoms with Crippen molar-refractivity contribution in [2.75, 3.05) is 13.2 Å². The van der Waals surface area contributed by atoms with Crippen molar-refractivity contribution >= 4 is 39.1 Å². The maximum atomic E-state index is 6.15. The summed E-state index contributed by atoms with van der Waals surface area (Å²) in [4.78, 5) is 0. The van der Waals surface area contributed by atoms with Crippen molar-refractivity contribution in [3.05, 3.63) is 38.8 Å². The van der Waals surface area contributed by atoms with Crippen LogP contribution in [0.4, 0.5) is 0 Å². The summed E-state index contributed by atoms with van der Waals surface area (Å²) < 4.78 is 6.40. The number of hydrogen-bond acceptors (Lipinski definition) is 2. The number of ether oxygens (including phenoxy) is 1.